The second kappa shape index (κ2) is 5.84. The van der Waals surface area contributed by atoms with E-state index in [0.29, 0.717) is 49.0 Å². The van der Waals surface area contributed by atoms with E-state index in [4.69, 9.17) is 18.9 Å². The molecule has 3 unspecified atom stereocenters. The normalized spacial score (nSPS) is 30.6. The number of rotatable bonds is 2. The predicted octanol–water partition coefficient (Wildman–Crippen LogP) is 2.86. The number of carbonyl (C=O) groups excluding carboxylic acids is 2. The third-order valence-corrected chi connectivity index (χ3v) is 5.81. The van der Waals surface area contributed by atoms with Crippen molar-refractivity contribution < 1.29 is 28.5 Å². The van der Waals surface area contributed by atoms with E-state index < -0.39 is 11.8 Å². The van der Waals surface area contributed by atoms with E-state index in [-0.39, 0.29) is 17.8 Å². The molecule has 6 nitrogen and oxygen atoms in total. The van der Waals surface area contributed by atoms with Crippen LogP contribution in [0.25, 0.3) is 0 Å². The number of esters is 2. The summed E-state index contributed by atoms with van der Waals surface area (Å²) < 4.78 is 22.7. The van der Waals surface area contributed by atoms with Crippen molar-refractivity contribution in [3.8, 4) is 11.5 Å². The molecule has 2 aliphatic heterocycles. The molecule has 26 heavy (non-hydrogen) atoms. The number of allylic oxidation sites excluding steroid dienone is 2. The second-order valence-electron chi connectivity index (χ2n) is 7.46. The van der Waals surface area contributed by atoms with Gasteiger partial charge in [0.15, 0.2) is 11.5 Å². The standard InChI is InChI=1S/C20H20O6/c21-18(15-11-12-4-5-13(15)10-12)24-16-3-1-2-14-17(16)25-20(26-19(14)22)6-8-23-9-7-20/h1-5,12-13,15H,6-11H2. The van der Waals surface area contributed by atoms with Crippen LogP contribution in [-0.4, -0.2) is 30.9 Å². The molecule has 4 aliphatic rings. The van der Waals surface area contributed by atoms with Crippen molar-refractivity contribution in [3.63, 3.8) is 0 Å². The summed E-state index contributed by atoms with van der Waals surface area (Å²) in [6.45, 7) is 0.921. The van der Waals surface area contributed by atoms with E-state index >= 15 is 0 Å². The van der Waals surface area contributed by atoms with Gasteiger partial charge in [-0.25, -0.2) is 4.79 Å². The molecule has 5 rings (SSSR count). The quantitative estimate of drug-likeness (QED) is 0.461. The maximum atomic E-state index is 12.7. The van der Waals surface area contributed by atoms with Crippen LogP contribution in [0, 0.1) is 17.8 Å². The molecule has 3 atom stereocenters. The fourth-order valence-corrected chi connectivity index (χ4v) is 4.42. The number of benzene rings is 1. The second-order valence-corrected chi connectivity index (χ2v) is 7.46. The molecule has 2 heterocycles. The molecule has 0 amide bonds. The van der Waals surface area contributed by atoms with Crippen LogP contribution in [0.3, 0.4) is 0 Å². The highest BCUT2D eigenvalue weighted by atomic mass is 16.7. The molecule has 1 aromatic carbocycles. The molecule has 0 N–H and O–H groups in total. The van der Waals surface area contributed by atoms with Gasteiger partial charge >= 0.3 is 11.9 Å². The van der Waals surface area contributed by atoms with Gasteiger partial charge < -0.3 is 18.9 Å². The van der Waals surface area contributed by atoms with Crippen molar-refractivity contribution in [1.82, 2.24) is 0 Å². The van der Waals surface area contributed by atoms with Gasteiger partial charge in [0.2, 0.25) is 0 Å². The Hall–Kier alpha value is -2.34. The minimum Gasteiger partial charge on any atom is -0.447 e. The summed E-state index contributed by atoms with van der Waals surface area (Å²) in [5.41, 5.74) is 0.292. The lowest BCUT2D eigenvalue weighted by molar-refractivity contribution is -0.197. The van der Waals surface area contributed by atoms with Gasteiger partial charge in [0.25, 0.3) is 5.79 Å². The molecule has 1 spiro atoms. The average molecular weight is 356 g/mol. The number of para-hydroxylation sites is 1. The van der Waals surface area contributed by atoms with Gasteiger partial charge in [-0.2, -0.15) is 0 Å². The first kappa shape index (κ1) is 15.9. The van der Waals surface area contributed by atoms with Gasteiger partial charge in [0.1, 0.15) is 5.56 Å². The third-order valence-electron chi connectivity index (χ3n) is 5.81. The maximum absolute atomic E-state index is 12.7. The van der Waals surface area contributed by atoms with Crippen LogP contribution in [0.1, 0.15) is 36.0 Å². The summed E-state index contributed by atoms with van der Waals surface area (Å²) in [4.78, 5) is 25.2. The van der Waals surface area contributed by atoms with Gasteiger partial charge in [-0.15, -0.1) is 0 Å². The lowest BCUT2D eigenvalue weighted by Crippen LogP contribution is -2.48. The maximum Gasteiger partial charge on any atom is 0.345 e. The fraction of sp³-hybridized carbons (Fsp3) is 0.500. The molecule has 2 bridgehead atoms. The Morgan fingerprint density at radius 2 is 1.96 bits per heavy atom. The molecular formula is C20H20O6. The minimum atomic E-state index is -1.03. The lowest BCUT2D eigenvalue weighted by Gasteiger charge is -2.40. The Morgan fingerprint density at radius 3 is 2.69 bits per heavy atom. The van der Waals surface area contributed by atoms with E-state index in [2.05, 4.69) is 12.2 Å². The summed E-state index contributed by atoms with van der Waals surface area (Å²) in [7, 11) is 0. The van der Waals surface area contributed by atoms with Crippen molar-refractivity contribution in [3.05, 3.63) is 35.9 Å². The zero-order chi connectivity index (χ0) is 17.7. The Kier molecular flexibility index (Phi) is 3.57. The molecule has 2 aliphatic carbocycles. The molecule has 1 saturated carbocycles. The van der Waals surface area contributed by atoms with Crippen LogP contribution in [0.2, 0.25) is 0 Å². The van der Waals surface area contributed by atoms with Crippen molar-refractivity contribution in [2.45, 2.75) is 31.5 Å². The highest BCUT2D eigenvalue weighted by molar-refractivity contribution is 5.95. The highest BCUT2D eigenvalue weighted by Gasteiger charge is 2.46. The monoisotopic (exact) mass is 356 g/mol. The van der Waals surface area contributed by atoms with Gasteiger partial charge in [-0.05, 0) is 36.8 Å². The molecule has 6 heteroatoms. The van der Waals surface area contributed by atoms with Gasteiger partial charge in [0.05, 0.1) is 19.1 Å². The zero-order valence-corrected chi connectivity index (χ0v) is 14.3. The number of fused-ring (bicyclic) bond motifs is 3. The van der Waals surface area contributed by atoms with Crippen LogP contribution in [-0.2, 0) is 14.3 Å². The summed E-state index contributed by atoms with van der Waals surface area (Å²) in [5, 5.41) is 0. The lowest BCUT2D eigenvalue weighted by atomic mass is 9.94. The number of carbonyl (C=O) groups is 2. The van der Waals surface area contributed by atoms with Crippen molar-refractivity contribution >= 4 is 11.9 Å². The summed E-state index contributed by atoms with van der Waals surface area (Å²) >= 11 is 0. The smallest absolute Gasteiger partial charge is 0.345 e. The van der Waals surface area contributed by atoms with Crippen LogP contribution in [0.4, 0.5) is 0 Å². The fourth-order valence-electron chi connectivity index (χ4n) is 4.42. The van der Waals surface area contributed by atoms with Crippen LogP contribution in [0.15, 0.2) is 30.4 Å². The van der Waals surface area contributed by atoms with Crippen molar-refractivity contribution in [2.75, 3.05) is 13.2 Å². The molecule has 1 aromatic rings. The number of ether oxygens (including phenoxy) is 4. The Labute approximate surface area is 151 Å². The Bertz CT molecular complexity index is 791. The SMILES string of the molecule is O=C1OC2(CCOCC2)Oc2c(OC(=O)C3CC4C=CC3C4)cccc21. The first-order valence-corrected chi connectivity index (χ1v) is 9.17. The largest absolute Gasteiger partial charge is 0.447 e. The van der Waals surface area contributed by atoms with E-state index in [9.17, 15) is 9.59 Å². The molecule has 2 fully saturated rings. The van der Waals surface area contributed by atoms with Crippen molar-refractivity contribution in [2.24, 2.45) is 17.8 Å². The number of hydrogen-bond acceptors (Lipinski definition) is 6. The highest BCUT2D eigenvalue weighted by Crippen LogP contribution is 2.46. The van der Waals surface area contributed by atoms with E-state index in [0.717, 1.165) is 12.8 Å². The molecule has 0 aromatic heterocycles. The first-order valence-electron chi connectivity index (χ1n) is 9.17. The van der Waals surface area contributed by atoms with Gasteiger partial charge in [-0.3, -0.25) is 4.79 Å². The summed E-state index contributed by atoms with van der Waals surface area (Å²) in [6, 6.07) is 4.97. The average Bonchev–Trinajstić information content (AvgIpc) is 3.26. The van der Waals surface area contributed by atoms with Gasteiger partial charge in [-0.1, -0.05) is 18.2 Å². The minimum absolute atomic E-state index is 0.117. The van der Waals surface area contributed by atoms with Crippen molar-refractivity contribution in [1.29, 1.82) is 0 Å². The zero-order valence-electron chi connectivity index (χ0n) is 14.3. The predicted molar refractivity (Wildman–Crippen MR) is 89.7 cm³/mol. The van der Waals surface area contributed by atoms with Crippen LogP contribution < -0.4 is 9.47 Å². The molecular weight excluding hydrogens is 336 g/mol. The van der Waals surface area contributed by atoms with E-state index in [1.54, 1.807) is 18.2 Å². The summed E-state index contributed by atoms with van der Waals surface area (Å²) in [6.07, 6.45) is 7.07. The van der Waals surface area contributed by atoms with E-state index in [1.165, 1.54) is 0 Å². The third kappa shape index (κ3) is 2.51. The Balaban J connectivity index is 1.42. The van der Waals surface area contributed by atoms with Gasteiger partial charge in [0, 0.05) is 12.8 Å². The first-order chi connectivity index (χ1) is 12.6. The van der Waals surface area contributed by atoms with Crippen LogP contribution >= 0.6 is 0 Å². The Morgan fingerprint density at radius 1 is 1.12 bits per heavy atom. The molecule has 1 saturated heterocycles. The summed E-state index contributed by atoms with van der Waals surface area (Å²) in [5.74, 6) is -0.501. The molecule has 0 radical (unpaired) electrons. The van der Waals surface area contributed by atoms with Crippen LogP contribution in [0.5, 0.6) is 11.5 Å². The molecule has 136 valence electrons. The topological polar surface area (TPSA) is 71.1 Å². The number of hydrogen-bond donors (Lipinski definition) is 0. The van der Waals surface area contributed by atoms with E-state index in [1.807, 2.05) is 0 Å².